The molecular weight excluding hydrogens is 326 g/mol. The Hall–Kier alpha value is -1.88. The number of carbonyl (C=O) groups excluding carboxylic acids is 2. The molecule has 0 atom stereocenters. The average Bonchev–Trinajstić information content (AvgIpc) is 2.96. The summed E-state index contributed by atoms with van der Waals surface area (Å²) in [4.78, 5) is 26.6. The van der Waals surface area contributed by atoms with Gasteiger partial charge in [0.1, 0.15) is 0 Å². The minimum absolute atomic E-state index is 0.0237. The maximum atomic E-state index is 12.5. The highest BCUT2D eigenvalue weighted by atomic mass is 16.2. The summed E-state index contributed by atoms with van der Waals surface area (Å²) in [5, 5.41) is 6.30. The second-order valence-corrected chi connectivity index (χ2v) is 7.55. The zero-order chi connectivity index (χ0) is 18.2. The third-order valence-corrected chi connectivity index (χ3v) is 5.47. The summed E-state index contributed by atoms with van der Waals surface area (Å²) in [6.07, 6.45) is 10.9. The highest BCUT2D eigenvalue weighted by Crippen LogP contribution is 2.17. The Balaban J connectivity index is 1.45. The number of hydrogen-bond donors (Lipinski definition) is 2. The Morgan fingerprint density at radius 2 is 1.50 bits per heavy atom. The molecule has 0 unspecified atom stereocenters. The molecule has 1 aromatic rings. The summed E-state index contributed by atoms with van der Waals surface area (Å²) in [6, 6.07) is 7.73. The smallest absolute Gasteiger partial charge is 0.253 e. The summed E-state index contributed by atoms with van der Waals surface area (Å²) in [5.74, 6) is 0.0713. The van der Waals surface area contributed by atoms with E-state index in [9.17, 15) is 9.59 Å². The van der Waals surface area contributed by atoms with E-state index in [1.165, 1.54) is 44.9 Å². The van der Waals surface area contributed by atoms with Gasteiger partial charge in [0, 0.05) is 30.4 Å². The minimum Gasteiger partial charge on any atom is -0.339 e. The number of rotatable bonds is 5. The van der Waals surface area contributed by atoms with Crippen molar-refractivity contribution >= 4 is 17.5 Å². The van der Waals surface area contributed by atoms with E-state index in [2.05, 4.69) is 10.6 Å². The van der Waals surface area contributed by atoms with Crippen LogP contribution in [0.2, 0.25) is 0 Å². The van der Waals surface area contributed by atoms with Gasteiger partial charge in [-0.15, -0.1) is 0 Å². The van der Waals surface area contributed by atoms with Crippen molar-refractivity contribution in [3.63, 3.8) is 0 Å². The predicted octanol–water partition coefficient (Wildman–Crippen LogP) is 3.56. The maximum Gasteiger partial charge on any atom is 0.253 e. The largest absolute Gasteiger partial charge is 0.339 e. The summed E-state index contributed by atoms with van der Waals surface area (Å²) < 4.78 is 0. The van der Waals surface area contributed by atoms with Gasteiger partial charge in [0.05, 0.1) is 6.54 Å². The zero-order valence-corrected chi connectivity index (χ0v) is 15.6. The predicted molar refractivity (Wildman–Crippen MR) is 104 cm³/mol. The Morgan fingerprint density at radius 3 is 2.15 bits per heavy atom. The van der Waals surface area contributed by atoms with Crippen LogP contribution in [-0.2, 0) is 4.79 Å². The Kier molecular flexibility index (Phi) is 7.06. The van der Waals surface area contributed by atoms with Crippen molar-refractivity contribution < 1.29 is 9.59 Å². The topological polar surface area (TPSA) is 61.4 Å². The number of likely N-dealkylation sites (tertiary alicyclic amines) is 1. The molecule has 1 saturated carbocycles. The van der Waals surface area contributed by atoms with E-state index in [1.54, 1.807) is 0 Å². The molecule has 2 N–H and O–H groups in total. The Morgan fingerprint density at radius 1 is 0.885 bits per heavy atom. The number of hydrogen-bond acceptors (Lipinski definition) is 3. The van der Waals surface area contributed by atoms with E-state index < -0.39 is 0 Å². The van der Waals surface area contributed by atoms with Crippen molar-refractivity contribution in [1.29, 1.82) is 0 Å². The summed E-state index contributed by atoms with van der Waals surface area (Å²) >= 11 is 0. The van der Waals surface area contributed by atoms with Gasteiger partial charge in [-0.05, 0) is 56.4 Å². The lowest BCUT2D eigenvalue weighted by Gasteiger charge is -2.26. The number of carbonyl (C=O) groups is 2. The van der Waals surface area contributed by atoms with Crippen LogP contribution >= 0.6 is 0 Å². The number of anilines is 1. The van der Waals surface area contributed by atoms with E-state index in [0.717, 1.165) is 31.6 Å². The van der Waals surface area contributed by atoms with Crippen LogP contribution in [0.3, 0.4) is 0 Å². The van der Waals surface area contributed by atoms with Gasteiger partial charge in [0.2, 0.25) is 5.91 Å². The molecule has 2 fully saturated rings. The molecule has 1 heterocycles. The molecule has 5 nitrogen and oxygen atoms in total. The van der Waals surface area contributed by atoms with Gasteiger partial charge in [0.15, 0.2) is 0 Å². The third kappa shape index (κ3) is 5.56. The number of benzene rings is 1. The normalized spacial score (nSPS) is 19.0. The van der Waals surface area contributed by atoms with Crippen molar-refractivity contribution in [3.8, 4) is 0 Å². The lowest BCUT2D eigenvalue weighted by atomic mass is 10.1. The molecule has 1 aliphatic carbocycles. The molecule has 5 heteroatoms. The average molecular weight is 357 g/mol. The standard InChI is InChI=1S/C21H31N3O2/c25-20(16-22-18-8-4-1-2-5-9-18)23-19-12-10-17(11-13-19)21(26)24-14-6-3-7-15-24/h10-13,18,22H,1-9,14-16H2,(H,23,25). The van der Waals surface area contributed by atoms with Gasteiger partial charge in [-0.25, -0.2) is 0 Å². The highest BCUT2D eigenvalue weighted by molar-refractivity contribution is 5.96. The van der Waals surface area contributed by atoms with Crippen molar-refractivity contribution in [2.45, 2.75) is 63.8 Å². The van der Waals surface area contributed by atoms with Gasteiger partial charge in [-0.2, -0.15) is 0 Å². The molecule has 26 heavy (non-hydrogen) atoms. The number of nitrogens with zero attached hydrogens (tertiary/aromatic N) is 1. The molecule has 142 valence electrons. The maximum absolute atomic E-state index is 12.5. The van der Waals surface area contributed by atoms with E-state index in [4.69, 9.17) is 0 Å². The van der Waals surface area contributed by atoms with Crippen LogP contribution < -0.4 is 10.6 Å². The first kappa shape index (κ1) is 18.9. The monoisotopic (exact) mass is 357 g/mol. The van der Waals surface area contributed by atoms with Crippen molar-refractivity contribution in [3.05, 3.63) is 29.8 Å². The first-order chi connectivity index (χ1) is 12.7. The van der Waals surface area contributed by atoms with Crippen LogP contribution in [0.4, 0.5) is 5.69 Å². The van der Waals surface area contributed by atoms with E-state index in [-0.39, 0.29) is 11.8 Å². The highest BCUT2D eigenvalue weighted by Gasteiger charge is 2.18. The molecule has 2 amide bonds. The number of nitrogens with one attached hydrogen (secondary N) is 2. The van der Waals surface area contributed by atoms with E-state index >= 15 is 0 Å². The summed E-state index contributed by atoms with van der Waals surface area (Å²) in [5.41, 5.74) is 1.44. The first-order valence-corrected chi connectivity index (χ1v) is 10.1. The summed E-state index contributed by atoms with van der Waals surface area (Å²) in [6.45, 7) is 2.05. The van der Waals surface area contributed by atoms with Gasteiger partial charge in [-0.3, -0.25) is 9.59 Å². The number of piperidine rings is 1. The van der Waals surface area contributed by atoms with Crippen molar-refractivity contribution in [2.75, 3.05) is 25.0 Å². The fraction of sp³-hybridized carbons (Fsp3) is 0.619. The first-order valence-electron chi connectivity index (χ1n) is 10.1. The third-order valence-electron chi connectivity index (χ3n) is 5.47. The lowest BCUT2D eigenvalue weighted by molar-refractivity contribution is -0.115. The van der Waals surface area contributed by atoms with Crippen molar-refractivity contribution in [2.24, 2.45) is 0 Å². The van der Waals surface area contributed by atoms with Crippen molar-refractivity contribution in [1.82, 2.24) is 10.2 Å². The van der Waals surface area contributed by atoms with Crippen LogP contribution in [0.1, 0.15) is 68.1 Å². The molecule has 0 bridgehead atoms. The zero-order valence-electron chi connectivity index (χ0n) is 15.6. The van der Waals surface area contributed by atoms with Gasteiger partial charge in [-0.1, -0.05) is 25.7 Å². The molecule has 0 radical (unpaired) electrons. The van der Waals surface area contributed by atoms with Crippen LogP contribution in [0.25, 0.3) is 0 Å². The second-order valence-electron chi connectivity index (χ2n) is 7.55. The molecule has 1 aromatic carbocycles. The number of amides is 2. The Labute approximate surface area is 156 Å². The van der Waals surface area contributed by atoms with E-state index in [0.29, 0.717) is 18.2 Å². The fourth-order valence-electron chi connectivity index (χ4n) is 3.90. The molecule has 3 rings (SSSR count). The SMILES string of the molecule is O=C(CNC1CCCCCC1)Nc1ccc(C(=O)N2CCCCC2)cc1. The lowest BCUT2D eigenvalue weighted by Crippen LogP contribution is -2.36. The molecule has 1 aliphatic heterocycles. The summed E-state index contributed by atoms with van der Waals surface area (Å²) in [7, 11) is 0. The van der Waals surface area contributed by atoms with Gasteiger partial charge >= 0.3 is 0 Å². The molecule has 1 saturated heterocycles. The molecule has 0 spiro atoms. The fourth-order valence-corrected chi connectivity index (χ4v) is 3.90. The van der Waals surface area contributed by atoms with E-state index in [1.807, 2.05) is 29.2 Å². The Bertz CT molecular complexity index is 586. The molecular formula is C21H31N3O2. The quantitative estimate of drug-likeness (QED) is 0.792. The van der Waals surface area contributed by atoms with Gasteiger partial charge < -0.3 is 15.5 Å². The van der Waals surface area contributed by atoms with Crippen LogP contribution in [0.15, 0.2) is 24.3 Å². The van der Waals surface area contributed by atoms with Crippen LogP contribution in [0, 0.1) is 0 Å². The minimum atomic E-state index is -0.0237. The second kappa shape index (κ2) is 9.72. The molecule has 0 aromatic heterocycles. The van der Waals surface area contributed by atoms with Crippen LogP contribution in [0.5, 0.6) is 0 Å². The van der Waals surface area contributed by atoms with Gasteiger partial charge in [0.25, 0.3) is 5.91 Å². The molecule has 2 aliphatic rings. The van der Waals surface area contributed by atoms with Crippen LogP contribution in [-0.4, -0.2) is 42.4 Å².